The minimum absolute atomic E-state index is 0.00995. The number of alkyl halides is 1. The van der Waals surface area contributed by atoms with Crippen LogP contribution in [0.2, 0.25) is 0 Å². The molecule has 0 aromatic heterocycles. The standard InChI is InChI=1S/C9H18BrNO2/c1-6(2)8(5-13-4)11-9(12)7(3)10/h6-8H,5H2,1-4H3,(H,11,12). The van der Waals surface area contributed by atoms with Crippen molar-refractivity contribution in [1.29, 1.82) is 0 Å². The summed E-state index contributed by atoms with van der Waals surface area (Å²) in [6.07, 6.45) is 0. The van der Waals surface area contributed by atoms with Crippen molar-refractivity contribution in [2.24, 2.45) is 5.92 Å². The molecular formula is C9H18BrNO2. The van der Waals surface area contributed by atoms with Gasteiger partial charge >= 0.3 is 0 Å². The molecule has 78 valence electrons. The maximum Gasteiger partial charge on any atom is 0.233 e. The van der Waals surface area contributed by atoms with Gasteiger partial charge in [-0.05, 0) is 12.8 Å². The molecule has 0 aromatic rings. The van der Waals surface area contributed by atoms with E-state index in [1.165, 1.54) is 0 Å². The second-order valence-corrected chi connectivity index (χ2v) is 4.80. The Morgan fingerprint density at radius 3 is 2.31 bits per heavy atom. The maximum atomic E-state index is 11.3. The van der Waals surface area contributed by atoms with E-state index in [9.17, 15) is 4.79 Å². The maximum absolute atomic E-state index is 11.3. The summed E-state index contributed by atoms with van der Waals surface area (Å²) < 4.78 is 5.02. The number of amides is 1. The van der Waals surface area contributed by atoms with E-state index in [4.69, 9.17) is 4.74 Å². The number of carbonyl (C=O) groups is 1. The first-order valence-corrected chi connectivity index (χ1v) is 5.34. The van der Waals surface area contributed by atoms with Crippen molar-refractivity contribution in [3.8, 4) is 0 Å². The topological polar surface area (TPSA) is 38.3 Å². The number of hydrogen-bond donors (Lipinski definition) is 1. The van der Waals surface area contributed by atoms with Crippen LogP contribution in [0.1, 0.15) is 20.8 Å². The molecule has 0 fully saturated rings. The number of hydrogen-bond acceptors (Lipinski definition) is 2. The van der Waals surface area contributed by atoms with Crippen molar-refractivity contribution < 1.29 is 9.53 Å². The van der Waals surface area contributed by atoms with E-state index >= 15 is 0 Å². The molecule has 0 radical (unpaired) electrons. The number of halogens is 1. The molecule has 0 heterocycles. The van der Waals surface area contributed by atoms with Gasteiger partial charge in [-0.15, -0.1) is 0 Å². The van der Waals surface area contributed by atoms with Crippen LogP contribution in [0.3, 0.4) is 0 Å². The summed E-state index contributed by atoms with van der Waals surface area (Å²) in [5.74, 6) is 0.394. The highest BCUT2D eigenvalue weighted by molar-refractivity contribution is 9.10. The first kappa shape index (κ1) is 12.9. The molecule has 0 bridgehead atoms. The fraction of sp³-hybridized carbons (Fsp3) is 0.889. The zero-order valence-electron chi connectivity index (χ0n) is 8.63. The summed E-state index contributed by atoms with van der Waals surface area (Å²) in [6, 6.07) is 0.0949. The van der Waals surface area contributed by atoms with Crippen LogP contribution in [0.15, 0.2) is 0 Å². The summed E-state index contributed by atoms with van der Waals surface area (Å²) in [5, 5.41) is 2.91. The monoisotopic (exact) mass is 251 g/mol. The van der Waals surface area contributed by atoms with E-state index in [0.29, 0.717) is 12.5 Å². The lowest BCUT2D eigenvalue weighted by Gasteiger charge is -2.22. The summed E-state index contributed by atoms with van der Waals surface area (Å²) in [6.45, 7) is 6.48. The molecule has 1 N–H and O–H groups in total. The van der Waals surface area contributed by atoms with Gasteiger partial charge in [0.05, 0.1) is 17.5 Å². The second kappa shape index (κ2) is 6.38. The Labute approximate surface area is 88.4 Å². The summed E-state index contributed by atoms with van der Waals surface area (Å²) >= 11 is 3.22. The molecule has 0 aliphatic rings. The Bertz CT molecular complexity index is 160. The van der Waals surface area contributed by atoms with Gasteiger partial charge in [-0.2, -0.15) is 0 Å². The first-order valence-electron chi connectivity index (χ1n) is 4.42. The highest BCUT2D eigenvalue weighted by Crippen LogP contribution is 2.04. The van der Waals surface area contributed by atoms with Crippen LogP contribution in [0.5, 0.6) is 0 Å². The fourth-order valence-corrected chi connectivity index (χ4v) is 1.01. The van der Waals surface area contributed by atoms with Gasteiger partial charge in [-0.1, -0.05) is 29.8 Å². The van der Waals surface area contributed by atoms with E-state index < -0.39 is 0 Å². The van der Waals surface area contributed by atoms with E-state index in [1.807, 2.05) is 0 Å². The quantitative estimate of drug-likeness (QED) is 0.754. The smallest absolute Gasteiger partial charge is 0.233 e. The SMILES string of the molecule is COCC(NC(=O)C(C)Br)C(C)C. The Kier molecular flexibility index (Phi) is 6.33. The second-order valence-electron chi connectivity index (χ2n) is 3.43. The van der Waals surface area contributed by atoms with E-state index in [1.54, 1.807) is 14.0 Å². The molecule has 0 aliphatic carbocycles. The normalized spacial score (nSPS) is 15.5. The van der Waals surface area contributed by atoms with Crippen LogP contribution in [-0.2, 0) is 9.53 Å². The lowest BCUT2D eigenvalue weighted by molar-refractivity contribution is -0.121. The first-order chi connectivity index (χ1) is 5.99. The number of nitrogens with one attached hydrogen (secondary N) is 1. The molecule has 2 atom stereocenters. The third kappa shape index (κ3) is 5.26. The van der Waals surface area contributed by atoms with Gasteiger partial charge in [0.2, 0.25) is 5.91 Å². The van der Waals surface area contributed by atoms with Crippen molar-refractivity contribution in [2.45, 2.75) is 31.6 Å². The molecule has 3 nitrogen and oxygen atoms in total. The molecule has 0 saturated carbocycles. The van der Waals surface area contributed by atoms with Crippen LogP contribution >= 0.6 is 15.9 Å². The number of carbonyl (C=O) groups excluding carboxylic acids is 1. The number of methoxy groups -OCH3 is 1. The van der Waals surface area contributed by atoms with Gasteiger partial charge in [0.1, 0.15) is 0 Å². The zero-order chi connectivity index (χ0) is 10.4. The predicted molar refractivity (Wildman–Crippen MR) is 57.0 cm³/mol. The Morgan fingerprint density at radius 2 is 2.00 bits per heavy atom. The Morgan fingerprint density at radius 1 is 1.46 bits per heavy atom. The van der Waals surface area contributed by atoms with Gasteiger partial charge < -0.3 is 10.1 Å². The Balaban J connectivity index is 4.02. The van der Waals surface area contributed by atoms with Crippen LogP contribution < -0.4 is 5.32 Å². The number of ether oxygens (including phenoxy) is 1. The molecule has 4 heteroatoms. The largest absolute Gasteiger partial charge is 0.383 e. The van der Waals surface area contributed by atoms with Gasteiger partial charge in [-0.25, -0.2) is 0 Å². The van der Waals surface area contributed by atoms with E-state index in [2.05, 4.69) is 35.1 Å². The zero-order valence-corrected chi connectivity index (χ0v) is 10.2. The fourth-order valence-electron chi connectivity index (χ4n) is 0.878. The van der Waals surface area contributed by atoms with Gasteiger partial charge in [-0.3, -0.25) is 4.79 Å². The van der Waals surface area contributed by atoms with Crippen molar-refractivity contribution in [1.82, 2.24) is 5.32 Å². The highest BCUT2D eigenvalue weighted by atomic mass is 79.9. The van der Waals surface area contributed by atoms with Crippen LogP contribution in [0.25, 0.3) is 0 Å². The average molecular weight is 252 g/mol. The molecule has 2 unspecified atom stereocenters. The van der Waals surface area contributed by atoms with Crippen LogP contribution in [0, 0.1) is 5.92 Å². The third-order valence-electron chi connectivity index (χ3n) is 1.84. The summed E-state index contributed by atoms with van der Waals surface area (Å²) in [4.78, 5) is 11.2. The van der Waals surface area contributed by atoms with Crippen molar-refractivity contribution >= 4 is 21.8 Å². The van der Waals surface area contributed by atoms with E-state index in [0.717, 1.165) is 0 Å². The van der Waals surface area contributed by atoms with Crippen LogP contribution in [-0.4, -0.2) is 30.5 Å². The molecule has 0 aliphatic heterocycles. The molecule has 0 spiro atoms. The molecule has 0 aromatic carbocycles. The van der Waals surface area contributed by atoms with Gasteiger partial charge in [0, 0.05) is 7.11 Å². The lowest BCUT2D eigenvalue weighted by Crippen LogP contribution is -2.44. The van der Waals surface area contributed by atoms with Crippen LogP contribution in [0.4, 0.5) is 0 Å². The number of rotatable bonds is 5. The molecular weight excluding hydrogens is 234 g/mol. The van der Waals surface area contributed by atoms with Crippen molar-refractivity contribution in [2.75, 3.05) is 13.7 Å². The predicted octanol–water partition coefficient (Wildman–Crippen LogP) is 1.56. The molecule has 1 amide bonds. The average Bonchev–Trinajstić information content (AvgIpc) is 2.03. The molecule has 0 saturated heterocycles. The molecule has 13 heavy (non-hydrogen) atoms. The molecule has 0 rings (SSSR count). The lowest BCUT2D eigenvalue weighted by atomic mass is 10.1. The summed E-state index contributed by atoms with van der Waals surface area (Å²) in [7, 11) is 1.64. The van der Waals surface area contributed by atoms with Crippen molar-refractivity contribution in [3.05, 3.63) is 0 Å². The van der Waals surface area contributed by atoms with Gasteiger partial charge in [0.15, 0.2) is 0 Å². The summed E-state index contributed by atoms with van der Waals surface area (Å²) in [5.41, 5.74) is 0. The highest BCUT2D eigenvalue weighted by Gasteiger charge is 2.17. The third-order valence-corrected chi connectivity index (χ3v) is 2.26. The Hall–Kier alpha value is -0.0900. The minimum atomic E-state index is -0.148. The van der Waals surface area contributed by atoms with Gasteiger partial charge in [0.25, 0.3) is 0 Å². The van der Waals surface area contributed by atoms with E-state index in [-0.39, 0.29) is 16.8 Å². The van der Waals surface area contributed by atoms with Crippen molar-refractivity contribution in [3.63, 3.8) is 0 Å². The minimum Gasteiger partial charge on any atom is -0.383 e.